The van der Waals surface area contributed by atoms with E-state index >= 15 is 0 Å². The van der Waals surface area contributed by atoms with Crippen molar-refractivity contribution in [2.75, 3.05) is 5.32 Å². The van der Waals surface area contributed by atoms with Crippen molar-refractivity contribution in [1.82, 2.24) is 15.5 Å². The van der Waals surface area contributed by atoms with Gasteiger partial charge in [-0.25, -0.2) is 0 Å². The molecule has 1 aromatic carbocycles. The van der Waals surface area contributed by atoms with Crippen LogP contribution in [0.5, 0.6) is 0 Å². The van der Waals surface area contributed by atoms with E-state index < -0.39 is 0 Å². The molecular weight excluding hydrogens is 252 g/mol. The Morgan fingerprint density at radius 1 is 1.15 bits per heavy atom. The molecule has 1 aromatic heterocycles. The van der Waals surface area contributed by atoms with E-state index in [9.17, 15) is 0 Å². The van der Waals surface area contributed by atoms with Crippen LogP contribution in [0.1, 0.15) is 36.3 Å². The maximum atomic E-state index is 5.59. The van der Waals surface area contributed by atoms with E-state index in [1.54, 1.807) is 0 Å². The van der Waals surface area contributed by atoms with Gasteiger partial charge in [0.05, 0.1) is 6.54 Å². The SMILES string of the molecule is c1cc2c(cc1Nc1nnc(CNC3CC3)o1)CCC2. The number of hydrogen-bond acceptors (Lipinski definition) is 5. The standard InChI is InChI=1S/C15H18N4O/c1-2-10-4-5-13(8-11(10)3-1)17-15-19-18-14(20-15)9-16-12-6-7-12/h4-5,8,12,16H,1-3,6-7,9H2,(H,17,19). The number of hydrogen-bond donors (Lipinski definition) is 2. The lowest BCUT2D eigenvalue weighted by molar-refractivity contribution is 0.478. The number of rotatable bonds is 5. The molecule has 1 heterocycles. The molecule has 0 amide bonds. The lowest BCUT2D eigenvalue weighted by Crippen LogP contribution is -2.15. The number of nitrogens with zero attached hydrogens (tertiary/aromatic N) is 2. The van der Waals surface area contributed by atoms with Crippen LogP contribution in [0.15, 0.2) is 22.6 Å². The van der Waals surface area contributed by atoms with Crippen LogP contribution in [0.3, 0.4) is 0 Å². The summed E-state index contributed by atoms with van der Waals surface area (Å²) in [6.07, 6.45) is 6.15. The smallest absolute Gasteiger partial charge is 0.320 e. The molecule has 0 atom stereocenters. The molecule has 2 aliphatic carbocycles. The van der Waals surface area contributed by atoms with Crippen LogP contribution in [-0.4, -0.2) is 16.2 Å². The van der Waals surface area contributed by atoms with E-state index in [4.69, 9.17) is 4.42 Å². The van der Waals surface area contributed by atoms with Crippen LogP contribution < -0.4 is 10.6 Å². The van der Waals surface area contributed by atoms with Crippen LogP contribution in [-0.2, 0) is 19.4 Å². The average Bonchev–Trinajstić information content (AvgIpc) is 2.99. The first kappa shape index (κ1) is 11.9. The van der Waals surface area contributed by atoms with Crippen molar-refractivity contribution in [3.05, 3.63) is 35.2 Å². The van der Waals surface area contributed by atoms with E-state index in [1.807, 2.05) is 0 Å². The largest absolute Gasteiger partial charge is 0.406 e. The Morgan fingerprint density at radius 2 is 2.05 bits per heavy atom. The van der Waals surface area contributed by atoms with Gasteiger partial charge in [0.1, 0.15) is 0 Å². The number of aryl methyl sites for hydroxylation is 2. The maximum absolute atomic E-state index is 5.59. The molecule has 0 bridgehead atoms. The minimum atomic E-state index is 0.468. The fourth-order valence-corrected chi connectivity index (χ4v) is 2.67. The van der Waals surface area contributed by atoms with Crippen molar-refractivity contribution >= 4 is 11.7 Å². The van der Waals surface area contributed by atoms with Gasteiger partial charge in [-0.2, -0.15) is 0 Å². The van der Waals surface area contributed by atoms with Gasteiger partial charge >= 0.3 is 6.01 Å². The van der Waals surface area contributed by atoms with Gasteiger partial charge in [0, 0.05) is 11.7 Å². The van der Waals surface area contributed by atoms with Gasteiger partial charge in [-0.15, -0.1) is 5.10 Å². The predicted molar refractivity (Wildman–Crippen MR) is 75.9 cm³/mol. The molecule has 0 radical (unpaired) electrons. The minimum Gasteiger partial charge on any atom is -0.406 e. The second-order valence-corrected chi connectivity index (χ2v) is 5.62. The molecule has 2 N–H and O–H groups in total. The first-order chi connectivity index (χ1) is 9.87. The van der Waals surface area contributed by atoms with E-state index in [2.05, 4.69) is 39.0 Å². The van der Waals surface area contributed by atoms with Crippen molar-refractivity contribution in [3.63, 3.8) is 0 Å². The fraction of sp³-hybridized carbons (Fsp3) is 0.467. The Labute approximate surface area is 117 Å². The molecule has 0 spiro atoms. The summed E-state index contributed by atoms with van der Waals surface area (Å²) in [7, 11) is 0. The van der Waals surface area contributed by atoms with Gasteiger partial charge in [0.25, 0.3) is 0 Å². The van der Waals surface area contributed by atoms with Crippen molar-refractivity contribution in [1.29, 1.82) is 0 Å². The average molecular weight is 270 g/mol. The Balaban J connectivity index is 1.42. The number of anilines is 2. The van der Waals surface area contributed by atoms with Gasteiger partial charge in [-0.1, -0.05) is 11.2 Å². The lowest BCUT2D eigenvalue weighted by atomic mass is 10.1. The summed E-state index contributed by atoms with van der Waals surface area (Å²) in [5, 5.41) is 14.6. The molecule has 2 aliphatic rings. The summed E-state index contributed by atoms with van der Waals surface area (Å²) in [6.45, 7) is 0.656. The van der Waals surface area contributed by atoms with Crippen molar-refractivity contribution < 1.29 is 4.42 Å². The zero-order valence-corrected chi connectivity index (χ0v) is 11.4. The highest BCUT2D eigenvalue weighted by atomic mass is 16.4. The monoisotopic (exact) mass is 270 g/mol. The highest BCUT2D eigenvalue weighted by Gasteiger charge is 2.21. The Morgan fingerprint density at radius 3 is 2.95 bits per heavy atom. The molecule has 1 fully saturated rings. The second kappa shape index (κ2) is 4.90. The first-order valence-corrected chi connectivity index (χ1v) is 7.31. The van der Waals surface area contributed by atoms with Gasteiger partial charge in [-0.3, -0.25) is 0 Å². The predicted octanol–water partition coefficient (Wildman–Crippen LogP) is 2.55. The molecule has 5 nitrogen and oxygen atoms in total. The highest BCUT2D eigenvalue weighted by molar-refractivity contribution is 5.55. The summed E-state index contributed by atoms with van der Waals surface area (Å²) in [4.78, 5) is 0. The maximum Gasteiger partial charge on any atom is 0.320 e. The normalized spacial score (nSPS) is 17.2. The third-order valence-corrected chi connectivity index (χ3v) is 3.94. The first-order valence-electron chi connectivity index (χ1n) is 7.31. The molecule has 1 saturated carbocycles. The molecule has 4 rings (SSSR count). The molecule has 20 heavy (non-hydrogen) atoms. The van der Waals surface area contributed by atoms with E-state index in [0.29, 0.717) is 24.5 Å². The number of aromatic nitrogens is 2. The lowest BCUT2D eigenvalue weighted by Gasteiger charge is -2.04. The number of nitrogens with one attached hydrogen (secondary N) is 2. The summed E-state index contributed by atoms with van der Waals surface area (Å²) < 4.78 is 5.59. The van der Waals surface area contributed by atoms with Crippen molar-refractivity contribution in [2.24, 2.45) is 0 Å². The Bertz CT molecular complexity index is 618. The second-order valence-electron chi connectivity index (χ2n) is 5.62. The van der Waals surface area contributed by atoms with E-state index in [-0.39, 0.29) is 0 Å². The van der Waals surface area contributed by atoms with Gasteiger partial charge < -0.3 is 15.1 Å². The van der Waals surface area contributed by atoms with Crippen LogP contribution in [0.4, 0.5) is 11.7 Å². The molecule has 104 valence electrons. The summed E-state index contributed by atoms with van der Waals surface area (Å²) in [5.74, 6) is 0.639. The fourth-order valence-electron chi connectivity index (χ4n) is 2.67. The number of fused-ring (bicyclic) bond motifs is 1. The zero-order valence-electron chi connectivity index (χ0n) is 11.4. The third-order valence-electron chi connectivity index (χ3n) is 3.94. The summed E-state index contributed by atoms with van der Waals surface area (Å²) >= 11 is 0. The molecule has 0 aliphatic heterocycles. The van der Waals surface area contributed by atoms with Crippen LogP contribution >= 0.6 is 0 Å². The molecule has 5 heteroatoms. The van der Waals surface area contributed by atoms with Crippen LogP contribution in [0, 0.1) is 0 Å². The molecule has 2 aromatic rings. The van der Waals surface area contributed by atoms with E-state index in [1.165, 1.54) is 43.2 Å². The Hall–Kier alpha value is -1.88. The number of benzene rings is 1. The quantitative estimate of drug-likeness (QED) is 0.874. The molecule has 0 unspecified atom stereocenters. The van der Waals surface area contributed by atoms with E-state index in [0.717, 1.165) is 5.69 Å². The van der Waals surface area contributed by atoms with Gasteiger partial charge in [0.2, 0.25) is 5.89 Å². The van der Waals surface area contributed by atoms with Gasteiger partial charge in [-0.05, 0) is 55.4 Å². The van der Waals surface area contributed by atoms with Crippen LogP contribution in [0.25, 0.3) is 0 Å². The zero-order chi connectivity index (χ0) is 13.4. The topological polar surface area (TPSA) is 63.0 Å². The molecule has 0 saturated heterocycles. The minimum absolute atomic E-state index is 0.468. The van der Waals surface area contributed by atoms with Crippen molar-refractivity contribution in [3.8, 4) is 0 Å². The summed E-state index contributed by atoms with van der Waals surface area (Å²) in [5.41, 5.74) is 3.93. The van der Waals surface area contributed by atoms with Gasteiger partial charge in [0.15, 0.2) is 0 Å². The third kappa shape index (κ3) is 2.54. The molecular formula is C15H18N4O. The summed E-state index contributed by atoms with van der Waals surface area (Å²) in [6, 6.07) is 7.58. The van der Waals surface area contributed by atoms with Crippen molar-refractivity contribution in [2.45, 2.75) is 44.7 Å². The highest BCUT2D eigenvalue weighted by Crippen LogP contribution is 2.26. The Kier molecular flexibility index (Phi) is 2.92. The van der Waals surface area contributed by atoms with Crippen LogP contribution in [0.2, 0.25) is 0 Å².